The molecular weight excluding hydrogens is 476 g/mol. The summed E-state index contributed by atoms with van der Waals surface area (Å²) < 4.78 is 0. The molecule has 34 heavy (non-hydrogen) atoms. The van der Waals surface area contributed by atoms with Gasteiger partial charge in [-0.3, -0.25) is 14.4 Å². The Morgan fingerprint density at radius 2 is 1.53 bits per heavy atom. The van der Waals surface area contributed by atoms with Crippen LogP contribution in [0.1, 0.15) is 32.3 Å². The molecule has 0 aliphatic carbocycles. The number of hydrogen-bond donors (Lipinski definition) is 6. The van der Waals surface area contributed by atoms with Gasteiger partial charge in [-0.2, -0.15) is 24.4 Å². The summed E-state index contributed by atoms with van der Waals surface area (Å²) in [6, 6.07) is 5.29. The Labute approximate surface area is 210 Å². The van der Waals surface area contributed by atoms with E-state index in [-0.39, 0.29) is 24.5 Å². The number of carbonyl (C=O) groups is 4. The summed E-state index contributed by atoms with van der Waals surface area (Å²) in [4.78, 5) is 49.9. The molecule has 190 valence electrons. The fourth-order valence-corrected chi connectivity index (χ4v) is 3.91. The Morgan fingerprint density at radius 3 is 2.06 bits per heavy atom. The lowest BCUT2D eigenvalue weighted by molar-refractivity contribution is -0.141. The van der Waals surface area contributed by atoms with Crippen LogP contribution < -0.4 is 21.7 Å². The second-order valence-corrected chi connectivity index (χ2v) is 9.76. The summed E-state index contributed by atoms with van der Waals surface area (Å²) in [6.07, 6.45) is 2.82. The first-order valence-corrected chi connectivity index (χ1v) is 13.1. The Morgan fingerprint density at radius 1 is 0.971 bits per heavy atom. The Bertz CT molecular complexity index is 810. The van der Waals surface area contributed by atoms with Crippen LogP contribution >= 0.6 is 24.4 Å². The second kappa shape index (κ2) is 15.6. The van der Waals surface area contributed by atoms with E-state index >= 15 is 0 Å². The lowest BCUT2D eigenvalue weighted by Crippen LogP contribution is -2.58. The number of rotatable bonds is 15. The summed E-state index contributed by atoms with van der Waals surface area (Å²) in [6.45, 7) is 3.90. The van der Waals surface area contributed by atoms with Gasteiger partial charge in [-0.25, -0.2) is 4.79 Å². The van der Waals surface area contributed by atoms with Crippen LogP contribution in [0, 0.1) is 5.92 Å². The quantitative estimate of drug-likeness (QED) is 0.190. The van der Waals surface area contributed by atoms with E-state index < -0.39 is 47.9 Å². The van der Waals surface area contributed by atoms with E-state index in [0.717, 1.165) is 5.56 Å². The van der Waals surface area contributed by atoms with Gasteiger partial charge in [-0.15, -0.1) is 0 Å². The van der Waals surface area contributed by atoms with Gasteiger partial charge >= 0.3 is 5.97 Å². The van der Waals surface area contributed by atoms with E-state index in [2.05, 4.69) is 28.6 Å². The van der Waals surface area contributed by atoms with Crippen molar-refractivity contribution in [2.75, 3.05) is 17.8 Å². The van der Waals surface area contributed by atoms with Crippen LogP contribution in [0.15, 0.2) is 30.3 Å². The molecule has 0 aliphatic heterocycles. The molecule has 1 rings (SSSR count). The third-order valence-corrected chi connectivity index (χ3v) is 6.03. The summed E-state index contributed by atoms with van der Waals surface area (Å²) in [7, 11) is 0. The van der Waals surface area contributed by atoms with Crippen LogP contribution in [0.4, 0.5) is 0 Å². The predicted octanol–water partition coefficient (Wildman–Crippen LogP) is 0.824. The van der Waals surface area contributed by atoms with Gasteiger partial charge in [0.25, 0.3) is 0 Å². The molecule has 0 aromatic heterocycles. The first kappa shape index (κ1) is 29.8. The molecule has 0 heterocycles. The predicted molar refractivity (Wildman–Crippen MR) is 138 cm³/mol. The van der Waals surface area contributed by atoms with Crippen LogP contribution in [0.2, 0.25) is 0 Å². The van der Waals surface area contributed by atoms with Crippen molar-refractivity contribution in [2.24, 2.45) is 11.7 Å². The number of hydrogen-bond acceptors (Lipinski definition) is 7. The molecule has 1 aromatic carbocycles. The topological polar surface area (TPSA) is 151 Å². The Balaban J connectivity index is 3.04. The zero-order valence-corrected chi connectivity index (χ0v) is 21.5. The fraction of sp³-hybridized carbons (Fsp3) is 0.565. The SMILES string of the molecule is CSCCC(NC(=O)C(Cc1ccccc1)NC(=O)C(N)CC(C)C)C(=O)NC(CS)C(=O)O. The number of thioether (sulfide) groups is 1. The van der Waals surface area contributed by atoms with Crippen molar-refractivity contribution < 1.29 is 24.3 Å². The fourth-order valence-electron chi connectivity index (χ4n) is 3.19. The van der Waals surface area contributed by atoms with E-state index in [0.29, 0.717) is 12.2 Å². The molecule has 0 saturated heterocycles. The molecule has 11 heteroatoms. The first-order valence-electron chi connectivity index (χ1n) is 11.1. The molecule has 6 N–H and O–H groups in total. The Hall–Kier alpha value is -2.24. The van der Waals surface area contributed by atoms with Crippen LogP contribution in [-0.2, 0) is 25.6 Å². The number of carbonyl (C=O) groups excluding carboxylic acids is 3. The zero-order valence-electron chi connectivity index (χ0n) is 19.8. The third kappa shape index (κ3) is 10.8. The number of carboxylic acid groups (broad SMARTS) is 1. The molecule has 0 saturated carbocycles. The molecule has 3 amide bonds. The first-order chi connectivity index (χ1) is 16.1. The number of nitrogens with two attached hydrogens (primary N) is 1. The molecule has 0 radical (unpaired) electrons. The maximum absolute atomic E-state index is 13.2. The van der Waals surface area contributed by atoms with Crippen LogP contribution in [0.25, 0.3) is 0 Å². The molecule has 9 nitrogen and oxygen atoms in total. The molecule has 0 fully saturated rings. The van der Waals surface area contributed by atoms with Gasteiger partial charge < -0.3 is 26.8 Å². The van der Waals surface area contributed by atoms with Crippen LogP contribution in [0.3, 0.4) is 0 Å². The minimum atomic E-state index is -1.22. The maximum atomic E-state index is 13.2. The average molecular weight is 513 g/mol. The monoisotopic (exact) mass is 512 g/mol. The molecule has 4 atom stereocenters. The summed E-state index contributed by atoms with van der Waals surface area (Å²) in [5.74, 6) is -2.16. The molecule has 0 bridgehead atoms. The van der Waals surface area contributed by atoms with Gasteiger partial charge in [0.2, 0.25) is 17.7 Å². The van der Waals surface area contributed by atoms with Crippen LogP contribution in [0.5, 0.6) is 0 Å². The van der Waals surface area contributed by atoms with E-state index in [1.54, 1.807) is 0 Å². The normalized spacial score (nSPS) is 14.5. The van der Waals surface area contributed by atoms with Gasteiger partial charge in [0, 0.05) is 12.2 Å². The highest BCUT2D eigenvalue weighted by Gasteiger charge is 2.30. The van der Waals surface area contributed by atoms with Gasteiger partial charge in [0.1, 0.15) is 18.1 Å². The van der Waals surface area contributed by atoms with Crippen molar-refractivity contribution >= 4 is 48.1 Å². The maximum Gasteiger partial charge on any atom is 0.327 e. The number of amides is 3. The van der Waals surface area contributed by atoms with Gasteiger partial charge in [-0.05, 0) is 36.3 Å². The number of thiol groups is 1. The lowest BCUT2D eigenvalue weighted by Gasteiger charge is -2.25. The van der Waals surface area contributed by atoms with Crippen molar-refractivity contribution in [1.29, 1.82) is 0 Å². The largest absolute Gasteiger partial charge is 0.480 e. The van der Waals surface area contributed by atoms with E-state index in [1.807, 2.05) is 50.4 Å². The number of carboxylic acids is 1. The molecule has 1 aromatic rings. The Kier molecular flexibility index (Phi) is 13.7. The van der Waals surface area contributed by atoms with E-state index in [1.165, 1.54) is 11.8 Å². The van der Waals surface area contributed by atoms with Crippen molar-refractivity contribution in [2.45, 2.75) is 57.3 Å². The third-order valence-electron chi connectivity index (χ3n) is 5.02. The van der Waals surface area contributed by atoms with Crippen LogP contribution in [-0.4, -0.2) is 70.7 Å². The number of aliphatic carboxylic acids is 1. The smallest absolute Gasteiger partial charge is 0.327 e. The average Bonchev–Trinajstić information content (AvgIpc) is 2.79. The molecular formula is C23H36N4O5S2. The highest BCUT2D eigenvalue weighted by molar-refractivity contribution is 7.98. The summed E-state index contributed by atoms with van der Waals surface area (Å²) >= 11 is 5.45. The highest BCUT2D eigenvalue weighted by atomic mass is 32.2. The van der Waals surface area contributed by atoms with Crippen molar-refractivity contribution in [3.05, 3.63) is 35.9 Å². The molecule has 4 unspecified atom stereocenters. The summed E-state index contributed by atoms with van der Waals surface area (Å²) in [5.41, 5.74) is 6.83. The number of nitrogens with one attached hydrogen (secondary N) is 3. The van der Waals surface area contributed by atoms with E-state index in [4.69, 9.17) is 5.73 Å². The van der Waals surface area contributed by atoms with Gasteiger partial charge in [-0.1, -0.05) is 44.2 Å². The second-order valence-electron chi connectivity index (χ2n) is 8.41. The summed E-state index contributed by atoms with van der Waals surface area (Å²) in [5, 5.41) is 17.0. The highest BCUT2D eigenvalue weighted by Crippen LogP contribution is 2.08. The number of benzene rings is 1. The van der Waals surface area contributed by atoms with Crippen molar-refractivity contribution in [3.63, 3.8) is 0 Å². The van der Waals surface area contributed by atoms with Gasteiger partial charge in [0.15, 0.2) is 0 Å². The minimum absolute atomic E-state index is 0.0926. The van der Waals surface area contributed by atoms with Crippen molar-refractivity contribution in [1.82, 2.24) is 16.0 Å². The zero-order chi connectivity index (χ0) is 25.7. The standard InChI is InChI=1S/C23H36N4O5S2/c1-14(2)11-16(24)20(28)26-18(12-15-7-5-4-6-8-15)22(30)25-17(9-10-34-3)21(29)27-19(13-33)23(31)32/h4-8,14,16-19,33H,9-13,24H2,1-3H3,(H,25,30)(H,26,28)(H,27,29)(H,31,32). The lowest BCUT2D eigenvalue weighted by atomic mass is 10.0. The van der Waals surface area contributed by atoms with E-state index in [9.17, 15) is 24.3 Å². The minimum Gasteiger partial charge on any atom is -0.480 e. The van der Waals surface area contributed by atoms with Crippen molar-refractivity contribution in [3.8, 4) is 0 Å². The van der Waals surface area contributed by atoms with Gasteiger partial charge in [0.05, 0.1) is 6.04 Å². The molecule has 0 aliphatic rings. The molecule has 0 spiro atoms.